The molecule has 1 rings (SSSR count). The standard InChI is InChI=1S/C15H22Cl3N3O2/c1-21(2)10-4-9-19-14(15(16,17)18)20-13(22)11-5-7-12(23-3)8-6-11/h5-8,14,19H,4,9-10H2,1-3H3,(H,20,22)/p+2/t14-/m1/s1. The molecule has 1 aromatic rings. The van der Waals surface area contributed by atoms with Gasteiger partial charge in [0.05, 0.1) is 34.3 Å². The van der Waals surface area contributed by atoms with Gasteiger partial charge in [0.2, 0.25) is 6.17 Å². The van der Waals surface area contributed by atoms with Crippen molar-refractivity contribution in [3.05, 3.63) is 29.8 Å². The van der Waals surface area contributed by atoms with Crippen LogP contribution in [0.15, 0.2) is 24.3 Å². The van der Waals surface area contributed by atoms with E-state index in [9.17, 15) is 4.79 Å². The molecule has 0 saturated carbocycles. The highest BCUT2D eigenvalue weighted by molar-refractivity contribution is 6.68. The van der Waals surface area contributed by atoms with Crippen molar-refractivity contribution in [3.8, 4) is 5.75 Å². The molecule has 0 aliphatic rings. The molecule has 0 radical (unpaired) electrons. The van der Waals surface area contributed by atoms with Crippen molar-refractivity contribution in [3.63, 3.8) is 0 Å². The SMILES string of the molecule is COc1ccc(C(=O)N[C@@H]([NH2+]CCC[NH+](C)C)C(Cl)(Cl)Cl)cc1. The van der Waals surface area contributed by atoms with Crippen LogP contribution in [-0.4, -0.2) is 50.2 Å². The second-order valence-corrected chi connectivity index (χ2v) is 7.93. The van der Waals surface area contributed by atoms with Crippen LogP contribution in [0.5, 0.6) is 5.75 Å². The third-order valence-electron chi connectivity index (χ3n) is 3.27. The van der Waals surface area contributed by atoms with Crippen molar-refractivity contribution in [2.75, 3.05) is 34.3 Å². The minimum atomic E-state index is -1.59. The second kappa shape index (κ2) is 9.55. The van der Waals surface area contributed by atoms with Gasteiger partial charge in [-0.1, -0.05) is 34.8 Å². The first-order chi connectivity index (χ1) is 10.7. The molecule has 130 valence electrons. The van der Waals surface area contributed by atoms with Crippen LogP contribution in [0, 0.1) is 0 Å². The lowest BCUT2D eigenvalue weighted by molar-refractivity contribution is -0.860. The lowest BCUT2D eigenvalue weighted by Crippen LogP contribution is -3.06. The zero-order valence-electron chi connectivity index (χ0n) is 13.5. The zero-order valence-corrected chi connectivity index (χ0v) is 15.8. The number of hydrogen-bond donors (Lipinski definition) is 3. The predicted octanol–water partition coefficient (Wildman–Crippen LogP) is 0.219. The number of rotatable bonds is 8. The Morgan fingerprint density at radius 2 is 1.91 bits per heavy atom. The fourth-order valence-corrected chi connectivity index (χ4v) is 2.41. The molecule has 0 saturated heterocycles. The van der Waals surface area contributed by atoms with E-state index >= 15 is 0 Å². The molecule has 1 aromatic carbocycles. The number of ether oxygens (including phenoxy) is 1. The number of nitrogens with two attached hydrogens (primary N) is 1. The van der Waals surface area contributed by atoms with Crippen LogP contribution in [0.4, 0.5) is 0 Å². The zero-order chi connectivity index (χ0) is 17.5. The van der Waals surface area contributed by atoms with Crippen molar-refractivity contribution in [2.45, 2.75) is 16.4 Å². The summed E-state index contributed by atoms with van der Waals surface area (Å²) in [7, 11) is 5.73. The molecule has 1 amide bonds. The van der Waals surface area contributed by atoms with Crippen LogP contribution in [0.1, 0.15) is 16.8 Å². The lowest BCUT2D eigenvalue weighted by Gasteiger charge is -2.23. The van der Waals surface area contributed by atoms with E-state index in [4.69, 9.17) is 39.5 Å². The number of nitrogens with one attached hydrogen (secondary N) is 2. The van der Waals surface area contributed by atoms with Gasteiger partial charge in [0.1, 0.15) is 5.75 Å². The molecule has 0 fully saturated rings. The molecule has 1 atom stereocenters. The number of carbonyl (C=O) groups is 1. The van der Waals surface area contributed by atoms with E-state index in [1.165, 1.54) is 4.90 Å². The molecular weight excluding hydrogens is 361 g/mol. The van der Waals surface area contributed by atoms with E-state index in [1.54, 1.807) is 31.4 Å². The highest BCUT2D eigenvalue weighted by atomic mass is 35.6. The Morgan fingerprint density at radius 1 is 1.30 bits per heavy atom. The average Bonchev–Trinajstić information content (AvgIpc) is 2.48. The van der Waals surface area contributed by atoms with E-state index in [-0.39, 0.29) is 5.91 Å². The van der Waals surface area contributed by atoms with Gasteiger partial charge in [0.25, 0.3) is 9.70 Å². The number of alkyl halides is 3. The Hall–Kier alpha value is -0.720. The molecule has 8 heteroatoms. The summed E-state index contributed by atoms with van der Waals surface area (Å²) >= 11 is 17.9. The van der Waals surface area contributed by atoms with Crippen LogP contribution in [-0.2, 0) is 0 Å². The van der Waals surface area contributed by atoms with E-state index in [0.29, 0.717) is 11.3 Å². The van der Waals surface area contributed by atoms with Crippen molar-refractivity contribution in [2.24, 2.45) is 0 Å². The molecule has 0 unspecified atom stereocenters. The van der Waals surface area contributed by atoms with Gasteiger partial charge in [-0.3, -0.25) is 10.1 Å². The first-order valence-corrected chi connectivity index (χ1v) is 8.51. The molecule has 0 heterocycles. The lowest BCUT2D eigenvalue weighted by atomic mass is 10.2. The summed E-state index contributed by atoms with van der Waals surface area (Å²) in [5, 5.41) is 4.61. The summed E-state index contributed by atoms with van der Waals surface area (Å²) in [5.41, 5.74) is 0.483. The van der Waals surface area contributed by atoms with E-state index in [1.807, 2.05) is 5.32 Å². The van der Waals surface area contributed by atoms with Gasteiger partial charge in [0, 0.05) is 12.0 Å². The van der Waals surface area contributed by atoms with Gasteiger partial charge in [-0.2, -0.15) is 0 Å². The maximum Gasteiger partial charge on any atom is 0.262 e. The van der Waals surface area contributed by atoms with Crippen LogP contribution >= 0.6 is 34.8 Å². The molecule has 0 aliphatic heterocycles. The van der Waals surface area contributed by atoms with Crippen molar-refractivity contribution in [1.82, 2.24) is 5.32 Å². The topological polar surface area (TPSA) is 59.4 Å². The second-order valence-electron chi connectivity index (χ2n) is 5.56. The minimum absolute atomic E-state index is 0.293. The first-order valence-electron chi connectivity index (χ1n) is 7.38. The Balaban J connectivity index is 2.63. The molecule has 5 nitrogen and oxygen atoms in total. The van der Waals surface area contributed by atoms with Gasteiger partial charge >= 0.3 is 0 Å². The Kier molecular flexibility index (Phi) is 8.44. The summed E-state index contributed by atoms with van der Waals surface area (Å²) < 4.78 is 3.48. The average molecular weight is 385 g/mol. The Labute approximate surface area is 152 Å². The van der Waals surface area contributed by atoms with E-state index in [0.717, 1.165) is 19.5 Å². The van der Waals surface area contributed by atoms with Crippen molar-refractivity contribution in [1.29, 1.82) is 0 Å². The van der Waals surface area contributed by atoms with Crippen molar-refractivity contribution >= 4 is 40.7 Å². The van der Waals surface area contributed by atoms with Crippen molar-refractivity contribution < 1.29 is 19.7 Å². The molecule has 0 aromatic heterocycles. The van der Waals surface area contributed by atoms with Crippen LogP contribution in [0.3, 0.4) is 0 Å². The number of methoxy groups -OCH3 is 1. The number of hydrogen-bond acceptors (Lipinski definition) is 2. The van der Waals surface area contributed by atoms with E-state index in [2.05, 4.69) is 19.4 Å². The molecule has 0 aliphatic carbocycles. The van der Waals surface area contributed by atoms with Crippen LogP contribution in [0.25, 0.3) is 0 Å². The minimum Gasteiger partial charge on any atom is -0.497 e. The highest BCUT2D eigenvalue weighted by Gasteiger charge is 2.37. The summed E-state index contributed by atoms with van der Waals surface area (Å²) in [6, 6.07) is 6.75. The largest absolute Gasteiger partial charge is 0.497 e. The van der Waals surface area contributed by atoms with Crippen LogP contribution < -0.4 is 20.3 Å². The highest BCUT2D eigenvalue weighted by Crippen LogP contribution is 2.27. The molecule has 0 bridgehead atoms. The first kappa shape index (κ1) is 20.3. The number of carbonyl (C=O) groups excluding carboxylic acids is 1. The number of halogens is 3. The van der Waals surface area contributed by atoms with Gasteiger partial charge < -0.3 is 15.0 Å². The summed E-state index contributed by atoms with van der Waals surface area (Å²) in [6.07, 6.45) is 0.303. The monoisotopic (exact) mass is 383 g/mol. The Morgan fingerprint density at radius 3 is 2.39 bits per heavy atom. The number of amides is 1. The number of benzene rings is 1. The van der Waals surface area contributed by atoms with Gasteiger partial charge in [0.15, 0.2) is 0 Å². The third-order valence-corrected chi connectivity index (χ3v) is 3.98. The molecular formula is C15H24Cl3N3O2+2. The maximum atomic E-state index is 12.3. The normalized spacial score (nSPS) is 13.0. The third kappa shape index (κ3) is 7.59. The predicted molar refractivity (Wildman–Crippen MR) is 93.6 cm³/mol. The molecule has 0 spiro atoms. The fourth-order valence-electron chi connectivity index (χ4n) is 1.98. The summed E-state index contributed by atoms with van der Waals surface area (Å²) in [5.74, 6) is 0.385. The molecule has 23 heavy (non-hydrogen) atoms. The van der Waals surface area contributed by atoms with Gasteiger partial charge in [-0.25, -0.2) is 0 Å². The maximum absolute atomic E-state index is 12.3. The number of quaternary nitrogens is 2. The Bertz CT molecular complexity index is 490. The van der Waals surface area contributed by atoms with Gasteiger partial charge in [-0.15, -0.1) is 0 Å². The van der Waals surface area contributed by atoms with Gasteiger partial charge in [-0.05, 0) is 24.3 Å². The summed E-state index contributed by atoms with van der Waals surface area (Å²) in [6.45, 7) is 1.77. The molecule has 4 N–H and O–H groups in total. The summed E-state index contributed by atoms with van der Waals surface area (Å²) in [4.78, 5) is 13.6. The quantitative estimate of drug-likeness (QED) is 0.341. The van der Waals surface area contributed by atoms with E-state index < -0.39 is 9.96 Å². The fraction of sp³-hybridized carbons (Fsp3) is 0.533. The van der Waals surface area contributed by atoms with Crippen LogP contribution in [0.2, 0.25) is 0 Å². The smallest absolute Gasteiger partial charge is 0.262 e.